The highest BCUT2D eigenvalue weighted by atomic mass is 16.1. The van der Waals surface area contributed by atoms with Gasteiger partial charge in [0.05, 0.1) is 6.33 Å². The van der Waals surface area contributed by atoms with Crippen LogP contribution in [0.1, 0.15) is 19.9 Å². The highest BCUT2D eigenvalue weighted by Crippen LogP contribution is 2.12. The summed E-state index contributed by atoms with van der Waals surface area (Å²) in [6.07, 6.45) is 3.20. The maximum absolute atomic E-state index is 11.4. The Morgan fingerprint density at radius 2 is 2.00 bits per heavy atom. The quantitative estimate of drug-likeness (QED) is 0.668. The van der Waals surface area contributed by atoms with Gasteiger partial charge in [0.15, 0.2) is 5.52 Å². The lowest BCUT2D eigenvalue weighted by Crippen LogP contribution is -2.12. The predicted molar refractivity (Wildman–Crippen MR) is 53.2 cm³/mol. The zero-order valence-corrected chi connectivity index (χ0v) is 8.43. The van der Waals surface area contributed by atoms with Gasteiger partial charge in [-0.15, -0.1) is 0 Å². The van der Waals surface area contributed by atoms with Crippen LogP contribution >= 0.6 is 0 Å². The smallest absolute Gasteiger partial charge is 0.300 e. The first-order valence-corrected chi connectivity index (χ1v) is 4.49. The minimum absolute atomic E-state index is 0.266. The fourth-order valence-electron chi connectivity index (χ4n) is 1.49. The molecule has 74 valence electrons. The molecule has 0 aromatic carbocycles. The lowest BCUT2D eigenvalue weighted by molar-refractivity contribution is 0.603. The third kappa shape index (κ3) is 1.13. The van der Waals surface area contributed by atoms with Crippen LogP contribution in [0.25, 0.3) is 11.2 Å². The summed E-state index contributed by atoms with van der Waals surface area (Å²) in [4.78, 5) is 19.1. The van der Waals surface area contributed by atoms with E-state index in [4.69, 9.17) is 0 Å². The number of aryl methyl sites for hydroxylation is 1. The first-order valence-electron chi connectivity index (χ1n) is 4.49. The summed E-state index contributed by atoms with van der Waals surface area (Å²) < 4.78 is 3.77. The summed E-state index contributed by atoms with van der Waals surface area (Å²) >= 11 is 0. The summed E-state index contributed by atoms with van der Waals surface area (Å²) in [6.45, 7) is 4.10. The largest absolute Gasteiger partial charge is 0.320 e. The van der Waals surface area contributed by atoms with Crippen molar-refractivity contribution in [2.45, 2.75) is 19.9 Å². The number of imidazole rings is 1. The molecule has 0 fully saturated rings. The zero-order chi connectivity index (χ0) is 10.3. The SMILES string of the molecule is CC(C)n1cnc2c(=O)ncn(C)c21. The van der Waals surface area contributed by atoms with Crippen LogP contribution in [-0.4, -0.2) is 19.1 Å². The molecule has 2 aromatic heterocycles. The lowest BCUT2D eigenvalue weighted by Gasteiger charge is -2.09. The van der Waals surface area contributed by atoms with Crippen molar-refractivity contribution in [3.8, 4) is 0 Å². The summed E-state index contributed by atoms with van der Waals surface area (Å²) in [7, 11) is 1.86. The topological polar surface area (TPSA) is 52.7 Å². The van der Waals surface area contributed by atoms with Gasteiger partial charge in [-0.1, -0.05) is 0 Å². The van der Waals surface area contributed by atoms with Crippen molar-refractivity contribution in [3.05, 3.63) is 23.0 Å². The Bertz CT molecular complexity index is 523. The molecule has 0 saturated heterocycles. The average molecular weight is 192 g/mol. The fourth-order valence-corrected chi connectivity index (χ4v) is 1.49. The van der Waals surface area contributed by atoms with E-state index in [1.54, 1.807) is 6.33 Å². The second-order valence-corrected chi connectivity index (χ2v) is 3.58. The monoisotopic (exact) mass is 192 g/mol. The van der Waals surface area contributed by atoms with Crippen LogP contribution in [0.2, 0.25) is 0 Å². The lowest BCUT2D eigenvalue weighted by atomic mass is 10.4. The van der Waals surface area contributed by atoms with Gasteiger partial charge in [-0.25, -0.2) is 4.98 Å². The van der Waals surface area contributed by atoms with Crippen molar-refractivity contribution in [2.24, 2.45) is 7.05 Å². The number of rotatable bonds is 1. The fraction of sp³-hybridized carbons (Fsp3) is 0.444. The number of hydrogen-bond acceptors (Lipinski definition) is 3. The molecule has 0 aliphatic rings. The van der Waals surface area contributed by atoms with Crippen molar-refractivity contribution >= 4 is 11.2 Å². The van der Waals surface area contributed by atoms with Gasteiger partial charge < -0.3 is 9.13 Å². The normalized spacial score (nSPS) is 11.4. The number of aromatic nitrogens is 4. The molecule has 0 radical (unpaired) electrons. The van der Waals surface area contributed by atoms with Crippen molar-refractivity contribution in [2.75, 3.05) is 0 Å². The van der Waals surface area contributed by atoms with E-state index in [9.17, 15) is 4.79 Å². The summed E-state index contributed by atoms with van der Waals surface area (Å²) in [5.74, 6) is 0. The standard InChI is InChI=1S/C9H12N4O/c1-6(2)13-5-10-7-8(14)11-4-12(3)9(7)13/h4-6H,1-3H3. The van der Waals surface area contributed by atoms with Gasteiger partial charge in [-0.05, 0) is 13.8 Å². The number of hydrogen-bond donors (Lipinski definition) is 0. The third-order valence-corrected chi connectivity index (χ3v) is 2.21. The van der Waals surface area contributed by atoms with Crippen molar-refractivity contribution < 1.29 is 0 Å². The molecule has 2 heterocycles. The Morgan fingerprint density at radius 1 is 1.29 bits per heavy atom. The predicted octanol–water partition coefficient (Wildman–Crippen LogP) is 0.711. The molecule has 2 aromatic rings. The van der Waals surface area contributed by atoms with E-state index >= 15 is 0 Å². The Kier molecular flexibility index (Phi) is 1.87. The maximum Gasteiger partial charge on any atom is 0.300 e. The molecule has 0 amide bonds. The van der Waals surface area contributed by atoms with Crippen molar-refractivity contribution in [1.29, 1.82) is 0 Å². The number of fused-ring (bicyclic) bond motifs is 1. The van der Waals surface area contributed by atoms with Gasteiger partial charge in [-0.2, -0.15) is 4.98 Å². The zero-order valence-electron chi connectivity index (χ0n) is 8.43. The van der Waals surface area contributed by atoms with E-state index in [1.807, 2.05) is 30.0 Å². The van der Waals surface area contributed by atoms with E-state index in [0.29, 0.717) is 5.52 Å². The van der Waals surface area contributed by atoms with Gasteiger partial charge in [0, 0.05) is 13.1 Å². The second kappa shape index (κ2) is 2.94. The van der Waals surface area contributed by atoms with Crippen LogP contribution in [0, 0.1) is 0 Å². The molecule has 2 rings (SSSR count). The average Bonchev–Trinajstić information content (AvgIpc) is 2.56. The summed E-state index contributed by atoms with van der Waals surface area (Å²) in [6, 6.07) is 0.285. The third-order valence-electron chi connectivity index (χ3n) is 2.21. The molecular weight excluding hydrogens is 180 g/mol. The van der Waals surface area contributed by atoms with Gasteiger partial charge >= 0.3 is 5.56 Å². The van der Waals surface area contributed by atoms with Gasteiger partial charge in [0.1, 0.15) is 12.0 Å². The van der Waals surface area contributed by atoms with E-state index in [-0.39, 0.29) is 11.6 Å². The summed E-state index contributed by atoms with van der Waals surface area (Å²) in [5.41, 5.74) is 0.987. The first kappa shape index (κ1) is 8.93. The Morgan fingerprint density at radius 3 is 2.64 bits per heavy atom. The molecule has 0 spiro atoms. The Balaban J connectivity index is 2.91. The van der Waals surface area contributed by atoms with Crippen molar-refractivity contribution in [1.82, 2.24) is 19.1 Å². The van der Waals surface area contributed by atoms with Crippen LogP contribution in [0.15, 0.2) is 17.4 Å². The number of nitrogens with zero attached hydrogens (tertiary/aromatic N) is 4. The van der Waals surface area contributed by atoms with Gasteiger partial charge in [0.2, 0.25) is 0 Å². The molecule has 0 atom stereocenters. The Hall–Kier alpha value is -1.65. The van der Waals surface area contributed by atoms with Crippen LogP contribution in [0.3, 0.4) is 0 Å². The van der Waals surface area contributed by atoms with E-state index in [0.717, 1.165) is 5.65 Å². The van der Waals surface area contributed by atoms with Gasteiger partial charge in [-0.3, -0.25) is 4.79 Å². The van der Waals surface area contributed by atoms with E-state index in [1.165, 1.54) is 6.33 Å². The van der Waals surface area contributed by atoms with Crippen LogP contribution in [-0.2, 0) is 7.05 Å². The molecule has 5 nitrogen and oxygen atoms in total. The molecule has 0 unspecified atom stereocenters. The molecule has 0 aliphatic heterocycles. The Labute approximate surface area is 81.0 Å². The summed E-state index contributed by atoms with van der Waals surface area (Å²) in [5, 5.41) is 0. The molecule has 0 saturated carbocycles. The van der Waals surface area contributed by atoms with Crippen molar-refractivity contribution in [3.63, 3.8) is 0 Å². The minimum Gasteiger partial charge on any atom is -0.320 e. The van der Waals surface area contributed by atoms with Crippen LogP contribution in [0.5, 0.6) is 0 Å². The molecule has 0 aliphatic carbocycles. The highest BCUT2D eigenvalue weighted by Gasteiger charge is 2.10. The van der Waals surface area contributed by atoms with E-state index in [2.05, 4.69) is 9.97 Å². The van der Waals surface area contributed by atoms with Crippen LogP contribution in [0.4, 0.5) is 0 Å². The second-order valence-electron chi connectivity index (χ2n) is 3.58. The maximum atomic E-state index is 11.4. The molecule has 0 N–H and O–H groups in total. The van der Waals surface area contributed by atoms with Gasteiger partial charge in [0.25, 0.3) is 0 Å². The molecule has 14 heavy (non-hydrogen) atoms. The molecular formula is C9H12N4O. The first-order chi connectivity index (χ1) is 6.61. The molecule has 5 heteroatoms. The van der Waals surface area contributed by atoms with E-state index < -0.39 is 0 Å². The highest BCUT2D eigenvalue weighted by molar-refractivity contribution is 5.69. The molecule has 0 bridgehead atoms. The minimum atomic E-state index is -0.266. The van der Waals surface area contributed by atoms with Crippen LogP contribution < -0.4 is 5.56 Å².